The van der Waals surface area contributed by atoms with Crippen LogP contribution in [-0.2, 0) is 6.42 Å². The molecule has 0 aliphatic carbocycles. The summed E-state index contributed by atoms with van der Waals surface area (Å²) in [6, 6.07) is 10.2. The molecule has 3 N–H and O–H groups in total. The summed E-state index contributed by atoms with van der Waals surface area (Å²) in [6.45, 7) is 2.08. The van der Waals surface area contributed by atoms with Crippen molar-refractivity contribution in [3.63, 3.8) is 0 Å². The third-order valence-electron chi connectivity index (χ3n) is 1.67. The minimum absolute atomic E-state index is 0.429. The van der Waals surface area contributed by atoms with Crippen molar-refractivity contribution in [1.29, 1.82) is 5.26 Å². The van der Waals surface area contributed by atoms with Gasteiger partial charge >= 0.3 is 0 Å². The Morgan fingerprint density at radius 1 is 1.42 bits per heavy atom. The van der Waals surface area contributed by atoms with Crippen LogP contribution in [0.2, 0.25) is 0 Å². The molecule has 1 rings (SSSR count). The third-order valence-corrected chi connectivity index (χ3v) is 1.67. The first-order valence-electron chi connectivity index (χ1n) is 4.04. The molecule has 62 valence electrons. The van der Waals surface area contributed by atoms with Gasteiger partial charge in [-0.2, -0.15) is 5.26 Å². The minimum Gasteiger partial charge on any atom is -0.355 e. The molecule has 0 amide bonds. The van der Waals surface area contributed by atoms with Crippen molar-refractivity contribution in [2.24, 2.45) is 0 Å². The van der Waals surface area contributed by atoms with E-state index in [1.165, 1.54) is 5.56 Å². The molecule has 0 aliphatic rings. The van der Waals surface area contributed by atoms with Gasteiger partial charge in [-0.25, -0.2) is 0 Å². The Hall–Kier alpha value is -1.33. The summed E-state index contributed by atoms with van der Waals surface area (Å²) < 4.78 is 0. The third kappa shape index (κ3) is 2.37. The molecule has 0 saturated carbocycles. The Morgan fingerprint density at radius 3 is 2.42 bits per heavy atom. The van der Waals surface area contributed by atoms with Crippen LogP contribution >= 0.6 is 0 Å². The van der Waals surface area contributed by atoms with E-state index in [4.69, 9.17) is 5.26 Å². The average Bonchev–Trinajstić information content (AvgIpc) is 2.05. The molecule has 0 bridgehead atoms. The minimum atomic E-state index is 0.429. The van der Waals surface area contributed by atoms with Crippen molar-refractivity contribution in [2.75, 3.05) is 0 Å². The van der Waals surface area contributed by atoms with Crippen LogP contribution in [0.25, 0.3) is 0 Å². The monoisotopic (exact) mass is 161 g/mol. The zero-order chi connectivity index (χ0) is 8.97. The highest BCUT2D eigenvalue weighted by molar-refractivity contribution is 5.31. The van der Waals surface area contributed by atoms with E-state index in [1.807, 2.05) is 24.3 Å². The number of hydrogen-bond acceptors (Lipinski definition) is 1. The smallest absolute Gasteiger partial charge is 0.0991 e. The predicted molar refractivity (Wildman–Crippen MR) is 47.2 cm³/mol. The van der Waals surface area contributed by atoms with Gasteiger partial charge in [0, 0.05) is 6.42 Å². The average molecular weight is 161 g/mol. The van der Waals surface area contributed by atoms with Gasteiger partial charge in [-0.05, 0) is 24.6 Å². The van der Waals surface area contributed by atoms with Crippen LogP contribution < -0.4 is 5.73 Å². The van der Waals surface area contributed by atoms with Crippen LogP contribution in [0.5, 0.6) is 0 Å². The maximum atomic E-state index is 8.55. The van der Waals surface area contributed by atoms with Crippen molar-refractivity contribution in [1.82, 2.24) is 0 Å². The standard InChI is InChI=1S/C10H12N2/c1-8(12)6-9-2-4-10(7-11)5-3-9/h2-5,8H,6,12H2,1H3/p+1/t8-/m1/s1. The van der Waals surface area contributed by atoms with Crippen molar-refractivity contribution < 1.29 is 5.73 Å². The second kappa shape index (κ2) is 3.89. The number of benzene rings is 1. The fraction of sp³-hybridized carbons (Fsp3) is 0.300. The second-order valence-corrected chi connectivity index (χ2v) is 3.12. The molecule has 0 radical (unpaired) electrons. The predicted octanol–water partition coefficient (Wildman–Crippen LogP) is 0.731. The number of rotatable bonds is 2. The van der Waals surface area contributed by atoms with E-state index in [9.17, 15) is 0 Å². The lowest BCUT2D eigenvalue weighted by Gasteiger charge is -2.01. The van der Waals surface area contributed by atoms with Gasteiger partial charge in [0.15, 0.2) is 0 Å². The maximum Gasteiger partial charge on any atom is 0.0991 e. The van der Waals surface area contributed by atoms with E-state index < -0.39 is 0 Å². The largest absolute Gasteiger partial charge is 0.355 e. The van der Waals surface area contributed by atoms with Crippen molar-refractivity contribution >= 4 is 0 Å². The molecule has 2 heteroatoms. The fourth-order valence-corrected chi connectivity index (χ4v) is 1.12. The lowest BCUT2D eigenvalue weighted by Crippen LogP contribution is -2.60. The molecule has 0 aromatic heterocycles. The van der Waals surface area contributed by atoms with E-state index >= 15 is 0 Å². The Morgan fingerprint density at radius 2 is 2.00 bits per heavy atom. The van der Waals surface area contributed by atoms with Gasteiger partial charge in [0.25, 0.3) is 0 Å². The summed E-state index contributed by atoms with van der Waals surface area (Å²) in [5.41, 5.74) is 5.88. The Balaban J connectivity index is 2.73. The molecule has 12 heavy (non-hydrogen) atoms. The van der Waals surface area contributed by atoms with Gasteiger partial charge < -0.3 is 5.73 Å². The van der Waals surface area contributed by atoms with Gasteiger partial charge in [-0.1, -0.05) is 12.1 Å². The van der Waals surface area contributed by atoms with Crippen molar-refractivity contribution in [3.05, 3.63) is 35.4 Å². The molecule has 0 aliphatic heterocycles. The molecule has 1 aromatic rings. The summed E-state index contributed by atoms with van der Waals surface area (Å²) in [6.07, 6.45) is 0.978. The molecule has 1 atom stereocenters. The number of nitrogens with zero attached hydrogens (tertiary/aromatic N) is 1. The SMILES string of the molecule is C[C@@H]([NH3+])Cc1ccc(C#N)cc1. The van der Waals surface area contributed by atoms with E-state index in [0.29, 0.717) is 6.04 Å². The summed E-state index contributed by atoms with van der Waals surface area (Å²) in [7, 11) is 0. The highest BCUT2D eigenvalue weighted by atomic mass is 14.6. The molecule has 0 fully saturated rings. The molecular weight excluding hydrogens is 148 g/mol. The molecular formula is C10H13N2+. The zero-order valence-electron chi connectivity index (χ0n) is 7.25. The van der Waals surface area contributed by atoms with E-state index in [0.717, 1.165) is 12.0 Å². The van der Waals surface area contributed by atoms with Gasteiger partial charge in [-0.15, -0.1) is 0 Å². The van der Waals surface area contributed by atoms with Crippen LogP contribution in [-0.4, -0.2) is 6.04 Å². The summed E-state index contributed by atoms with van der Waals surface area (Å²) in [5.74, 6) is 0. The Bertz CT molecular complexity index is 280. The first kappa shape index (κ1) is 8.76. The highest BCUT2D eigenvalue weighted by Gasteiger charge is 1.99. The van der Waals surface area contributed by atoms with Crippen molar-refractivity contribution in [2.45, 2.75) is 19.4 Å². The van der Waals surface area contributed by atoms with Crippen LogP contribution in [0, 0.1) is 11.3 Å². The molecule has 0 saturated heterocycles. The van der Waals surface area contributed by atoms with Crippen LogP contribution in [0.15, 0.2) is 24.3 Å². The second-order valence-electron chi connectivity index (χ2n) is 3.12. The molecule has 2 nitrogen and oxygen atoms in total. The summed E-state index contributed by atoms with van der Waals surface area (Å²) >= 11 is 0. The fourth-order valence-electron chi connectivity index (χ4n) is 1.12. The first-order chi connectivity index (χ1) is 5.72. The highest BCUT2D eigenvalue weighted by Crippen LogP contribution is 2.04. The quantitative estimate of drug-likeness (QED) is 0.683. The van der Waals surface area contributed by atoms with Gasteiger partial charge in [0.05, 0.1) is 17.7 Å². The maximum absolute atomic E-state index is 8.55. The normalized spacial score (nSPS) is 12.1. The molecule has 1 aromatic carbocycles. The van der Waals surface area contributed by atoms with Gasteiger partial charge in [0.2, 0.25) is 0 Å². The summed E-state index contributed by atoms with van der Waals surface area (Å²) in [4.78, 5) is 0. The molecule has 0 spiro atoms. The first-order valence-corrected chi connectivity index (χ1v) is 4.04. The molecule has 0 unspecified atom stereocenters. The van der Waals surface area contributed by atoms with Gasteiger partial charge in [0.1, 0.15) is 0 Å². The van der Waals surface area contributed by atoms with Crippen LogP contribution in [0.1, 0.15) is 18.1 Å². The lowest BCUT2D eigenvalue weighted by molar-refractivity contribution is -0.413. The Labute approximate surface area is 72.6 Å². The van der Waals surface area contributed by atoms with Gasteiger partial charge in [-0.3, -0.25) is 0 Å². The topological polar surface area (TPSA) is 51.4 Å². The van der Waals surface area contributed by atoms with Crippen LogP contribution in [0.3, 0.4) is 0 Å². The van der Waals surface area contributed by atoms with Crippen LogP contribution in [0.4, 0.5) is 0 Å². The number of quaternary nitrogens is 1. The van der Waals surface area contributed by atoms with E-state index in [1.54, 1.807) is 0 Å². The van der Waals surface area contributed by atoms with E-state index in [2.05, 4.69) is 18.7 Å². The van der Waals surface area contributed by atoms with Crippen molar-refractivity contribution in [3.8, 4) is 6.07 Å². The Kier molecular flexibility index (Phi) is 2.84. The molecule has 0 heterocycles. The van der Waals surface area contributed by atoms with E-state index in [-0.39, 0.29) is 0 Å². The number of nitriles is 1. The lowest BCUT2D eigenvalue weighted by atomic mass is 10.1. The number of hydrogen-bond donors (Lipinski definition) is 1. The zero-order valence-corrected chi connectivity index (χ0v) is 7.25. The summed E-state index contributed by atoms with van der Waals surface area (Å²) in [5, 5.41) is 8.55.